The van der Waals surface area contributed by atoms with E-state index in [1.54, 1.807) is 48.5 Å². The van der Waals surface area contributed by atoms with Gasteiger partial charge >= 0.3 is 0 Å². The van der Waals surface area contributed by atoms with Gasteiger partial charge in [0.25, 0.3) is 5.91 Å². The van der Waals surface area contributed by atoms with Gasteiger partial charge in [0.1, 0.15) is 5.82 Å². The summed E-state index contributed by atoms with van der Waals surface area (Å²) >= 11 is 6.08. The molecule has 0 aliphatic rings. The maximum Gasteiger partial charge on any atom is 0.255 e. The number of hydrogen-bond donors (Lipinski definition) is 4. The first-order valence-electron chi connectivity index (χ1n) is 11.2. The van der Waals surface area contributed by atoms with Gasteiger partial charge in [0.05, 0.1) is 11.3 Å². The van der Waals surface area contributed by atoms with Gasteiger partial charge in [0, 0.05) is 39.8 Å². The molecule has 0 fully saturated rings. The van der Waals surface area contributed by atoms with Crippen molar-refractivity contribution < 1.29 is 9.59 Å². The molecule has 35 heavy (non-hydrogen) atoms. The monoisotopic (exact) mass is 482 g/mol. The van der Waals surface area contributed by atoms with Gasteiger partial charge < -0.3 is 21.0 Å². The van der Waals surface area contributed by atoms with Gasteiger partial charge in [-0.25, -0.2) is 0 Å². The molecule has 0 radical (unpaired) electrons. The fraction of sp³-hybridized carbons (Fsp3) is 0.0714. The number of amides is 1. The van der Waals surface area contributed by atoms with E-state index < -0.39 is 0 Å². The molecule has 5 rings (SSSR count). The average molecular weight is 483 g/mol. The first kappa shape index (κ1) is 22.5. The molecule has 7 heteroatoms. The van der Waals surface area contributed by atoms with E-state index in [9.17, 15) is 9.59 Å². The summed E-state index contributed by atoms with van der Waals surface area (Å²) in [7, 11) is 0. The van der Waals surface area contributed by atoms with E-state index >= 15 is 0 Å². The Morgan fingerprint density at radius 1 is 0.914 bits per heavy atom. The number of ketones is 1. The van der Waals surface area contributed by atoms with Crippen LogP contribution in [0, 0.1) is 0 Å². The first-order valence-corrected chi connectivity index (χ1v) is 11.6. The van der Waals surface area contributed by atoms with Crippen LogP contribution in [0.1, 0.15) is 32.0 Å². The molecule has 2 aromatic heterocycles. The fourth-order valence-corrected chi connectivity index (χ4v) is 4.43. The Morgan fingerprint density at radius 2 is 1.63 bits per heavy atom. The number of carbonyl (C=O) groups is 2. The van der Waals surface area contributed by atoms with Crippen molar-refractivity contribution in [2.24, 2.45) is 0 Å². The predicted octanol–water partition coefficient (Wildman–Crippen LogP) is 5.60. The maximum absolute atomic E-state index is 13.3. The lowest BCUT2D eigenvalue weighted by Gasteiger charge is -2.09. The van der Waals surface area contributed by atoms with Crippen molar-refractivity contribution in [1.82, 2.24) is 15.3 Å². The van der Waals surface area contributed by atoms with E-state index in [2.05, 4.69) is 15.3 Å². The van der Waals surface area contributed by atoms with Crippen molar-refractivity contribution in [1.29, 1.82) is 0 Å². The van der Waals surface area contributed by atoms with Gasteiger partial charge in [0.2, 0.25) is 5.78 Å². The number of H-pyrrole nitrogens is 2. The molecule has 0 spiro atoms. The summed E-state index contributed by atoms with van der Waals surface area (Å²) in [4.78, 5) is 32.9. The first-order chi connectivity index (χ1) is 17.0. The van der Waals surface area contributed by atoms with Crippen LogP contribution in [0.5, 0.6) is 0 Å². The zero-order valence-corrected chi connectivity index (χ0v) is 19.5. The van der Waals surface area contributed by atoms with Crippen LogP contribution in [0.3, 0.4) is 0 Å². The number of aromatic amines is 2. The number of rotatable bonds is 7. The molecule has 0 atom stereocenters. The second-order valence-electron chi connectivity index (χ2n) is 8.23. The number of para-hydroxylation sites is 1. The minimum atomic E-state index is -0.351. The van der Waals surface area contributed by atoms with E-state index in [4.69, 9.17) is 17.3 Å². The number of aromatic nitrogens is 2. The number of benzene rings is 3. The van der Waals surface area contributed by atoms with Crippen molar-refractivity contribution in [3.05, 3.63) is 112 Å². The molecule has 2 heterocycles. The zero-order valence-electron chi connectivity index (χ0n) is 18.8. The maximum atomic E-state index is 13.3. The lowest BCUT2D eigenvalue weighted by Crippen LogP contribution is -2.26. The van der Waals surface area contributed by atoms with Crippen LogP contribution in [-0.4, -0.2) is 28.2 Å². The lowest BCUT2D eigenvalue weighted by atomic mass is 9.96. The van der Waals surface area contributed by atoms with Crippen LogP contribution >= 0.6 is 11.6 Å². The molecular formula is C28H23ClN4O2. The van der Waals surface area contributed by atoms with Crippen LogP contribution < -0.4 is 11.1 Å². The fourth-order valence-electron chi connectivity index (χ4n) is 4.30. The Balaban J connectivity index is 1.46. The Hall–Kier alpha value is -4.29. The van der Waals surface area contributed by atoms with Crippen LogP contribution in [0.2, 0.25) is 5.02 Å². The molecule has 0 unspecified atom stereocenters. The van der Waals surface area contributed by atoms with Gasteiger partial charge in [-0.05, 0) is 35.7 Å². The molecule has 0 aliphatic carbocycles. The average Bonchev–Trinajstić information content (AvgIpc) is 3.45. The number of carbonyl (C=O) groups excluding carboxylic acids is 2. The summed E-state index contributed by atoms with van der Waals surface area (Å²) in [6.45, 7) is 0.410. The Kier molecular flexibility index (Phi) is 6.12. The molecule has 1 amide bonds. The molecule has 0 bridgehead atoms. The van der Waals surface area contributed by atoms with Gasteiger partial charge in [0.15, 0.2) is 0 Å². The molecule has 0 aliphatic heterocycles. The summed E-state index contributed by atoms with van der Waals surface area (Å²) < 4.78 is 0. The lowest BCUT2D eigenvalue weighted by molar-refractivity contribution is 0.0955. The Labute approximate surface area is 207 Å². The van der Waals surface area contributed by atoms with Crippen LogP contribution in [0.25, 0.3) is 22.0 Å². The van der Waals surface area contributed by atoms with Crippen LogP contribution in [-0.2, 0) is 6.42 Å². The summed E-state index contributed by atoms with van der Waals surface area (Å²) in [5.41, 5.74) is 10.6. The minimum Gasteiger partial charge on any atom is -0.385 e. The number of nitrogen functional groups attached to an aromatic ring is 1. The number of nitrogens with two attached hydrogens (primary N) is 1. The molecule has 3 aromatic carbocycles. The predicted molar refractivity (Wildman–Crippen MR) is 140 cm³/mol. The SMILES string of the molecule is Nc1[nH]c(C(=O)c2ccccc2)c(-c2ccc(Cl)cc2)c1C(=O)NCCc1c[nH]c2ccccc12. The van der Waals surface area contributed by atoms with E-state index in [-0.39, 0.29) is 28.8 Å². The third-order valence-corrected chi connectivity index (χ3v) is 6.26. The van der Waals surface area contributed by atoms with Crippen molar-refractivity contribution >= 4 is 40.0 Å². The van der Waals surface area contributed by atoms with E-state index in [0.717, 1.165) is 16.5 Å². The zero-order chi connectivity index (χ0) is 24.4. The summed E-state index contributed by atoms with van der Waals surface area (Å²) in [6, 6.07) is 23.9. The van der Waals surface area contributed by atoms with Crippen molar-refractivity contribution in [3.8, 4) is 11.1 Å². The number of fused-ring (bicyclic) bond motifs is 1. The topological polar surface area (TPSA) is 104 Å². The van der Waals surface area contributed by atoms with Crippen LogP contribution in [0.15, 0.2) is 85.1 Å². The smallest absolute Gasteiger partial charge is 0.255 e. The van der Waals surface area contributed by atoms with Gasteiger partial charge in [-0.3, -0.25) is 9.59 Å². The summed E-state index contributed by atoms with van der Waals surface area (Å²) in [6.07, 6.45) is 2.60. The minimum absolute atomic E-state index is 0.138. The molecule has 0 saturated carbocycles. The molecule has 6 nitrogen and oxygen atoms in total. The second kappa shape index (κ2) is 9.52. The Morgan fingerprint density at radius 3 is 2.40 bits per heavy atom. The van der Waals surface area contributed by atoms with Crippen molar-refractivity contribution in [3.63, 3.8) is 0 Å². The van der Waals surface area contributed by atoms with E-state index in [1.165, 1.54) is 0 Å². The van der Waals surface area contributed by atoms with Crippen molar-refractivity contribution in [2.75, 3.05) is 12.3 Å². The number of anilines is 1. The van der Waals surface area contributed by atoms with E-state index in [0.29, 0.717) is 34.7 Å². The number of nitrogens with one attached hydrogen (secondary N) is 3. The number of hydrogen-bond acceptors (Lipinski definition) is 3. The third kappa shape index (κ3) is 4.44. The highest BCUT2D eigenvalue weighted by Crippen LogP contribution is 2.34. The van der Waals surface area contributed by atoms with Gasteiger partial charge in [-0.15, -0.1) is 0 Å². The summed E-state index contributed by atoms with van der Waals surface area (Å²) in [5.74, 6) is -0.463. The highest BCUT2D eigenvalue weighted by atomic mass is 35.5. The highest BCUT2D eigenvalue weighted by Gasteiger charge is 2.27. The molecule has 0 saturated heterocycles. The third-order valence-electron chi connectivity index (χ3n) is 6.01. The standard InChI is InChI=1S/C28H23ClN4O2/c29-20-12-10-17(11-13-20)23-24(27(30)33-25(23)26(34)18-6-2-1-3-7-18)28(35)31-15-14-19-16-32-22-9-5-4-8-21(19)22/h1-13,16,32-33H,14-15,30H2,(H,31,35). The molecule has 5 N–H and O–H groups in total. The van der Waals surface area contributed by atoms with Gasteiger partial charge in [-0.1, -0.05) is 72.3 Å². The second-order valence-corrected chi connectivity index (χ2v) is 8.67. The van der Waals surface area contributed by atoms with Gasteiger partial charge in [-0.2, -0.15) is 0 Å². The molecule has 174 valence electrons. The number of halogens is 1. The quantitative estimate of drug-likeness (QED) is 0.227. The molecular weight excluding hydrogens is 460 g/mol. The van der Waals surface area contributed by atoms with Crippen LogP contribution in [0.4, 0.5) is 5.82 Å². The molecule has 5 aromatic rings. The summed E-state index contributed by atoms with van der Waals surface area (Å²) in [5, 5.41) is 4.65. The van der Waals surface area contributed by atoms with E-state index in [1.807, 2.05) is 36.5 Å². The largest absolute Gasteiger partial charge is 0.385 e. The highest BCUT2D eigenvalue weighted by molar-refractivity contribution is 6.30. The normalized spacial score (nSPS) is 11.0. The van der Waals surface area contributed by atoms with Crippen molar-refractivity contribution in [2.45, 2.75) is 6.42 Å². The Bertz CT molecular complexity index is 1520.